The molecular formula is C8H2F6O2. The van der Waals surface area contributed by atoms with Crippen molar-refractivity contribution in [2.75, 3.05) is 0 Å². The fraction of sp³-hybridized carbons (Fsp3) is 0.125. The van der Waals surface area contributed by atoms with Crippen molar-refractivity contribution in [3.63, 3.8) is 0 Å². The molecule has 0 aliphatic heterocycles. The van der Waals surface area contributed by atoms with E-state index in [0.717, 1.165) is 0 Å². The molecule has 0 fully saturated rings. The summed E-state index contributed by atoms with van der Waals surface area (Å²) in [6, 6.07) is -0.219. The monoisotopic (exact) mass is 244 g/mol. The fourth-order valence-corrected chi connectivity index (χ4v) is 1.01. The van der Waals surface area contributed by atoms with E-state index in [0.29, 0.717) is 0 Å². The molecule has 1 aromatic rings. The van der Waals surface area contributed by atoms with E-state index in [4.69, 9.17) is 5.11 Å². The Morgan fingerprint density at radius 2 is 1.62 bits per heavy atom. The Balaban J connectivity index is 3.59. The average Bonchev–Trinajstić information content (AvgIpc) is 2.08. The third-order valence-electron chi connectivity index (χ3n) is 1.67. The number of carboxylic acid groups (broad SMARTS) is 1. The molecule has 0 aromatic heterocycles. The van der Waals surface area contributed by atoms with E-state index >= 15 is 0 Å². The molecule has 0 heterocycles. The molecule has 1 aromatic carbocycles. The predicted octanol–water partition coefficient (Wildman–Crippen LogP) is 2.82. The van der Waals surface area contributed by atoms with Gasteiger partial charge in [-0.1, -0.05) is 0 Å². The van der Waals surface area contributed by atoms with Gasteiger partial charge in [-0.25, -0.2) is 18.0 Å². The number of hydrogen-bond acceptors (Lipinski definition) is 1. The largest absolute Gasteiger partial charge is 0.478 e. The van der Waals surface area contributed by atoms with Gasteiger partial charge in [0, 0.05) is 0 Å². The summed E-state index contributed by atoms with van der Waals surface area (Å²) in [5.41, 5.74) is -3.95. The molecule has 0 aliphatic carbocycles. The molecule has 1 N–H and O–H groups in total. The molecule has 0 aliphatic rings. The molecule has 1 rings (SSSR count). The normalized spacial score (nSPS) is 11.6. The number of benzene rings is 1. The Kier molecular flexibility index (Phi) is 2.85. The first kappa shape index (κ1) is 12.3. The van der Waals surface area contributed by atoms with Gasteiger partial charge >= 0.3 is 12.1 Å². The Morgan fingerprint density at radius 1 is 1.12 bits per heavy atom. The molecular weight excluding hydrogens is 242 g/mol. The van der Waals surface area contributed by atoms with Crippen molar-refractivity contribution in [2.45, 2.75) is 6.18 Å². The first-order chi connectivity index (χ1) is 7.16. The van der Waals surface area contributed by atoms with Crippen LogP contribution in [0.25, 0.3) is 0 Å². The Bertz CT molecular complexity index is 451. The van der Waals surface area contributed by atoms with Crippen LogP contribution in [-0.2, 0) is 6.18 Å². The minimum Gasteiger partial charge on any atom is -0.478 e. The topological polar surface area (TPSA) is 37.3 Å². The summed E-state index contributed by atoms with van der Waals surface area (Å²) in [5, 5.41) is 8.25. The van der Waals surface area contributed by atoms with Gasteiger partial charge in [0.1, 0.15) is 16.9 Å². The number of carbonyl (C=O) groups is 1. The number of halogens is 6. The van der Waals surface area contributed by atoms with Crippen molar-refractivity contribution in [1.82, 2.24) is 0 Å². The average molecular weight is 244 g/mol. The lowest BCUT2D eigenvalue weighted by Gasteiger charge is -2.10. The highest BCUT2D eigenvalue weighted by Gasteiger charge is 2.40. The minimum absolute atomic E-state index is 0.219. The maximum absolute atomic E-state index is 12.8. The molecule has 16 heavy (non-hydrogen) atoms. The molecule has 0 bridgehead atoms. The highest BCUT2D eigenvalue weighted by atomic mass is 19.4. The van der Waals surface area contributed by atoms with Crippen LogP contribution >= 0.6 is 0 Å². The van der Waals surface area contributed by atoms with E-state index in [1.165, 1.54) is 0 Å². The van der Waals surface area contributed by atoms with Crippen LogP contribution in [0.1, 0.15) is 15.9 Å². The van der Waals surface area contributed by atoms with Crippen LogP contribution in [0.5, 0.6) is 0 Å². The van der Waals surface area contributed by atoms with E-state index in [-0.39, 0.29) is 6.07 Å². The van der Waals surface area contributed by atoms with Gasteiger partial charge in [-0.3, -0.25) is 0 Å². The van der Waals surface area contributed by atoms with Crippen molar-refractivity contribution in [2.24, 2.45) is 0 Å². The second kappa shape index (κ2) is 3.69. The van der Waals surface area contributed by atoms with Gasteiger partial charge in [0.05, 0.1) is 0 Å². The molecule has 88 valence electrons. The maximum atomic E-state index is 12.8. The molecule has 8 heteroatoms. The molecule has 0 radical (unpaired) electrons. The van der Waals surface area contributed by atoms with Crippen molar-refractivity contribution < 1.29 is 36.2 Å². The number of carboxylic acids is 1. The summed E-state index contributed by atoms with van der Waals surface area (Å²) in [6.07, 6.45) is -5.44. The van der Waals surface area contributed by atoms with Crippen LogP contribution in [-0.4, -0.2) is 11.1 Å². The fourth-order valence-electron chi connectivity index (χ4n) is 1.01. The Labute approximate surface area is 84.1 Å². The van der Waals surface area contributed by atoms with E-state index in [1.807, 2.05) is 0 Å². The van der Waals surface area contributed by atoms with E-state index in [9.17, 15) is 31.1 Å². The minimum atomic E-state index is -5.44. The second-order valence-electron chi connectivity index (χ2n) is 2.71. The van der Waals surface area contributed by atoms with Crippen molar-refractivity contribution in [3.8, 4) is 0 Å². The summed E-state index contributed by atoms with van der Waals surface area (Å²) >= 11 is 0. The number of hydrogen-bond donors (Lipinski definition) is 1. The van der Waals surface area contributed by atoms with Crippen LogP contribution in [0.4, 0.5) is 26.3 Å². The van der Waals surface area contributed by atoms with Gasteiger partial charge in [-0.15, -0.1) is 0 Å². The van der Waals surface area contributed by atoms with Gasteiger partial charge in [0.25, 0.3) is 0 Å². The van der Waals surface area contributed by atoms with Crippen LogP contribution in [0, 0.1) is 17.5 Å². The van der Waals surface area contributed by atoms with Crippen LogP contribution in [0.3, 0.4) is 0 Å². The molecule has 0 saturated heterocycles. The van der Waals surface area contributed by atoms with Gasteiger partial charge in [-0.2, -0.15) is 13.2 Å². The maximum Gasteiger partial charge on any atom is 0.422 e. The highest BCUT2D eigenvalue weighted by Crippen LogP contribution is 2.35. The Hall–Kier alpha value is -1.73. The summed E-state index contributed by atoms with van der Waals surface area (Å²) in [5.74, 6) is -9.06. The highest BCUT2D eigenvalue weighted by molar-refractivity contribution is 5.88. The summed E-state index contributed by atoms with van der Waals surface area (Å²) < 4.78 is 74.4. The standard InChI is InChI=1S/C8H2F6O2/c9-3-1-2(7(15)16)5(10)6(11)4(3)8(12,13)14/h1H,(H,15,16). The number of alkyl halides is 3. The SMILES string of the molecule is O=C(O)c1cc(F)c(C(F)(F)F)c(F)c1F. The van der Waals surface area contributed by atoms with Gasteiger partial charge in [0.2, 0.25) is 0 Å². The van der Waals surface area contributed by atoms with Crippen LogP contribution in [0.2, 0.25) is 0 Å². The van der Waals surface area contributed by atoms with E-state index < -0.39 is 40.7 Å². The lowest BCUT2D eigenvalue weighted by molar-refractivity contribution is -0.142. The molecule has 0 saturated carbocycles. The summed E-state index contributed by atoms with van der Waals surface area (Å²) in [6.45, 7) is 0. The Morgan fingerprint density at radius 3 is 2.00 bits per heavy atom. The quantitative estimate of drug-likeness (QED) is 0.609. The van der Waals surface area contributed by atoms with E-state index in [1.54, 1.807) is 0 Å². The van der Waals surface area contributed by atoms with Crippen molar-refractivity contribution in [1.29, 1.82) is 0 Å². The lowest BCUT2D eigenvalue weighted by atomic mass is 10.1. The molecule has 0 spiro atoms. The zero-order chi connectivity index (χ0) is 12.7. The van der Waals surface area contributed by atoms with Crippen molar-refractivity contribution >= 4 is 5.97 Å². The van der Waals surface area contributed by atoms with Crippen LogP contribution in [0.15, 0.2) is 6.07 Å². The summed E-state index contributed by atoms with van der Waals surface area (Å²) in [4.78, 5) is 10.2. The number of aromatic carboxylic acids is 1. The molecule has 0 unspecified atom stereocenters. The first-order valence-corrected chi connectivity index (χ1v) is 3.64. The zero-order valence-corrected chi connectivity index (χ0v) is 7.20. The first-order valence-electron chi connectivity index (χ1n) is 3.64. The molecule has 0 atom stereocenters. The summed E-state index contributed by atoms with van der Waals surface area (Å²) in [7, 11) is 0. The van der Waals surface area contributed by atoms with Gasteiger partial charge in [-0.05, 0) is 6.07 Å². The lowest BCUT2D eigenvalue weighted by Crippen LogP contribution is -2.16. The van der Waals surface area contributed by atoms with Gasteiger partial charge < -0.3 is 5.11 Å². The van der Waals surface area contributed by atoms with Gasteiger partial charge in [0.15, 0.2) is 11.6 Å². The zero-order valence-electron chi connectivity index (χ0n) is 7.20. The number of rotatable bonds is 1. The predicted molar refractivity (Wildman–Crippen MR) is 38.3 cm³/mol. The second-order valence-corrected chi connectivity index (χ2v) is 2.71. The molecule has 0 amide bonds. The third-order valence-corrected chi connectivity index (χ3v) is 1.67. The third kappa shape index (κ3) is 1.95. The van der Waals surface area contributed by atoms with E-state index in [2.05, 4.69) is 0 Å². The molecule has 2 nitrogen and oxygen atoms in total. The smallest absolute Gasteiger partial charge is 0.422 e. The van der Waals surface area contributed by atoms with Crippen molar-refractivity contribution in [3.05, 3.63) is 34.6 Å². The van der Waals surface area contributed by atoms with Crippen LogP contribution < -0.4 is 0 Å².